The van der Waals surface area contributed by atoms with Gasteiger partial charge in [0.25, 0.3) is 0 Å². The third kappa shape index (κ3) is 6.70. The summed E-state index contributed by atoms with van der Waals surface area (Å²) in [7, 11) is 1.36. The summed E-state index contributed by atoms with van der Waals surface area (Å²) in [6.07, 6.45) is 3.83. The number of nitrogens with one attached hydrogen (secondary N) is 2. The SMILES string of the molecule is COC(=O)c1ccc(/C=C(/CNc2cnc3ccccc3c2)COc2ccc(NC(C)=O)cc2)cc1. The highest BCUT2D eigenvalue weighted by Crippen LogP contribution is 2.19. The number of esters is 1. The summed E-state index contributed by atoms with van der Waals surface area (Å²) in [6.45, 7) is 2.34. The number of hydrogen-bond acceptors (Lipinski definition) is 6. The van der Waals surface area contributed by atoms with E-state index in [0.717, 1.165) is 27.7 Å². The van der Waals surface area contributed by atoms with Crippen molar-refractivity contribution >= 4 is 40.2 Å². The summed E-state index contributed by atoms with van der Waals surface area (Å²) in [5.41, 5.74) is 4.96. The summed E-state index contributed by atoms with van der Waals surface area (Å²) < 4.78 is 10.8. The Morgan fingerprint density at radius 2 is 1.69 bits per heavy atom. The average molecular weight is 482 g/mol. The zero-order valence-electron chi connectivity index (χ0n) is 20.2. The van der Waals surface area contributed by atoms with Crippen molar-refractivity contribution in [2.75, 3.05) is 30.9 Å². The van der Waals surface area contributed by atoms with E-state index in [1.807, 2.05) is 60.8 Å². The maximum atomic E-state index is 11.7. The van der Waals surface area contributed by atoms with Gasteiger partial charge in [-0.3, -0.25) is 9.78 Å². The zero-order valence-corrected chi connectivity index (χ0v) is 20.2. The lowest BCUT2D eigenvalue weighted by Crippen LogP contribution is -2.12. The van der Waals surface area contributed by atoms with Crippen LogP contribution in [0.3, 0.4) is 0 Å². The van der Waals surface area contributed by atoms with Gasteiger partial charge in [0.1, 0.15) is 12.4 Å². The van der Waals surface area contributed by atoms with Gasteiger partial charge in [0.2, 0.25) is 5.91 Å². The number of benzene rings is 3. The molecule has 7 heteroatoms. The van der Waals surface area contributed by atoms with E-state index >= 15 is 0 Å². The molecule has 0 aliphatic rings. The number of nitrogens with zero attached hydrogens (tertiary/aromatic N) is 1. The predicted octanol–water partition coefficient (Wildman–Crippen LogP) is 5.55. The van der Waals surface area contributed by atoms with Crippen LogP contribution in [0, 0.1) is 0 Å². The van der Waals surface area contributed by atoms with E-state index < -0.39 is 0 Å². The van der Waals surface area contributed by atoms with Gasteiger partial charge in [0.05, 0.1) is 30.1 Å². The first-order chi connectivity index (χ1) is 17.5. The molecule has 0 aliphatic carbocycles. The lowest BCUT2D eigenvalue weighted by atomic mass is 10.1. The molecule has 0 bridgehead atoms. The van der Waals surface area contributed by atoms with Crippen molar-refractivity contribution in [2.45, 2.75) is 6.92 Å². The monoisotopic (exact) mass is 481 g/mol. The van der Waals surface area contributed by atoms with Gasteiger partial charge >= 0.3 is 5.97 Å². The number of methoxy groups -OCH3 is 1. The molecular formula is C29H27N3O4. The minimum absolute atomic E-state index is 0.124. The van der Waals surface area contributed by atoms with Crippen molar-refractivity contribution in [3.63, 3.8) is 0 Å². The smallest absolute Gasteiger partial charge is 0.337 e. The zero-order chi connectivity index (χ0) is 25.3. The lowest BCUT2D eigenvalue weighted by molar-refractivity contribution is -0.114. The Bertz CT molecular complexity index is 1380. The second kappa shape index (κ2) is 11.7. The van der Waals surface area contributed by atoms with Crippen molar-refractivity contribution in [1.82, 2.24) is 4.98 Å². The fraction of sp³-hybridized carbons (Fsp3) is 0.138. The van der Waals surface area contributed by atoms with Crippen molar-refractivity contribution in [3.8, 4) is 5.75 Å². The average Bonchev–Trinajstić information content (AvgIpc) is 2.90. The Hall–Kier alpha value is -4.65. The number of carbonyl (C=O) groups is 2. The largest absolute Gasteiger partial charge is 0.489 e. The van der Waals surface area contributed by atoms with Crippen LogP contribution in [0.15, 0.2) is 90.6 Å². The van der Waals surface area contributed by atoms with Gasteiger partial charge in [-0.2, -0.15) is 0 Å². The van der Waals surface area contributed by atoms with Gasteiger partial charge in [-0.1, -0.05) is 36.4 Å². The Morgan fingerprint density at radius 3 is 2.42 bits per heavy atom. The molecule has 36 heavy (non-hydrogen) atoms. The van der Waals surface area contributed by atoms with Gasteiger partial charge in [-0.25, -0.2) is 4.79 Å². The molecular weight excluding hydrogens is 454 g/mol. The van der Waals surface area contributed by atoms with Gasteiger partial charge in [-0.05, 0) is 59.7 Å². The predicted molar refractivity (Wildman–Crippen MR) is 142 cm³/mol. The molecule has 3 aromatic carbocycles. The van der Waals surface area contributed by atoms with Crippen LogP contribution < -0.4 is 15.4 Å². The van der Waals surface area contributed by atoms with Crippen LogP contribution in [-0.4, -0.2) is 37.1 Å². The van der Waals surface area contributed by atoms with Gasteiger partial charge in [0.15, 0.2) is 0 Å². The molecule has 0 fully saturated rings. The number of pyridine rings is 1. The van der Waals surface area contributed by atoms with Crippen molar-refractivity contribution in [1.29, 1.82) is 0 Å². The summed E-state index contributed by atoms with van der Waals surface area (Å²) in [6, 6.07) is 24.4. The molecule has 0 radical (unpaired) electrons. The molecule has 4 rings (SSSR count). The fourth-order valence-electron chi connectivity index (χ4n) is 3.61. The van der Waals surface area contributed by atoms with Gasteiger partial charge in [0, 0.05) is 24.5 Å². The number of hydrogen-bond donors (Lipinski definition) is 2. The van der Waals surface area contributed by atoms with Crippen molar-refractivity contribution in [2.24, 2.45) is 0 Å². The Balaban J connectivity index is 1.50. The van der Waals surface area contributed by atoms with E-state index in [9.17, 15) is 9.59 Å². The minimum Gasteiger partial charge on any atom is -0.489 e. The van der Waals surface area contributed by atoms with Crippen molar-refractivity contribution < 1.29 is 19.1 Å². The van der Waals surface area contributed by atoms with Crippen LogP contribution >= 0.6 is 0 Å². The van der Waals surface area contributed by atoms with Crippen LogP contribution in [0.4, 0.5) is 11.4 Å². The number of para-hydroxylation sites is 1. The fourth-order valence-corrected chi connectivity index (χ4v) is 3.61. The molecule has 182 valence electrons. The van der Waals surface area contributed by atoms with E-state index in [4.69, 9.17) is 9.47 Å². The molecule has 7 nitrogen and oxygen atoms in total. The molecule has 0 unspecified atom stereocenters. The quantitative estimate of drug-likeness (QED) is 0.305. The molecule has 0 saturated heterocycles. The third-order valence-electron chi connectivity index (χ3n) is 5.41. The highest BCUT2D eigenvalue weighted by molar-refractivity contribution is 5.89. The van der Waals surface area contributed by atoms with Crippen LogP contribution in [0.25, 0.3) is 17.0 Å². The maximum Gasteiger partial charge on any atom is 0.337 e. The second-order valence-corrected chi connectivity index (χ2v) is 8.18. The maximum absolute atomic E-state index is 11.7. The first-order valence-electron chi connectivity index (χ1n) is 11.5. The number of fused-ring (bicyclic) bond motifs is 1. The van der Waals surface area contributed by atoms with E-state index in [0.29, 0.717) is 30.2 Å². The van der Waals surface area contributed by atoms with Crippen LogP contribution in [0.2, 0.25) is 0 Å². The highest BCUT2D eigenvalue weighted by Gasteiger charge is 2.06. The molecule has 0 atom stereocenters. The van der Waals surface area contributed by atoms with Gasteiger partial charge in [-0.15, -0.1) is 0 Å². The molecule has 2 N–H and O–H groups in total. The van der Waals surface area contributed by atoms with E-state index in [-0.39, 0.29) is 11.9 Å². The van der Waals surface area contributed by atoms with Crippen LogP contribution in [0.1, 0.15) is 22.8 Å². The number of ether oxygens (including phenoxy) is 2. The molecule has 4 aromatic rings. The highest BCUT2D eigenvalue weighted by atomic mass is 16.5. The summed E-state index contributed by atoms with van der Waals surface area (Å²) >= 11 is 0. The van der Waals surface area contributed by atoms with E-state index in [1.54, 1.807) is 24.3 Å². The summed E-state index contributed by atoms with van der Waals surface area (Å²) in [5, 5.41) is 7.23. The van der Waals surface area contributed by atoms with Crippen LogP contribution in [0.5, 0.6) is 5.75 Å². The number of rotatable bonds is 9. The molecule has 1 heterocycles. The van der Waals surface area contributed by atoms with E-state index in [2.05, 4.69) is 21.7 Å². The van der Waals surface area contributed by atoms with Crippen LogP contribution in [-0.2, 0) is 9.53 Å². The lowest BCUT2D eigenvalue weighted by Gasteiger charge is -2.13. The van der Waals surface area contributed by atoms with Gasteiger partial charge < -0.3 is 20.1 Å². The first kappa shape index (κ1) is 24.5. The second-order valence-electron chi connectivity index (χ2n) is 8.18. The third-order valence-corrected chi connectivity index (χ3v) is 5.41. The first-order valence-corrected chi connectivity index (χ1v) is 11.5. The molecule has 1 amide bonds. The number of aromatic nitrogens is 1. The number of amides is 1. The molecule has 0 aliphatic heterocycles. The summed E-state index contributed by atoms with van der Waals surface area (Å²) in [4.78, 5) is 27.5. The summed E-state index contributed by atoms with van der Waals surface area (Å²) in [5.74, 6) is 0.187. The number of anilines is 2. The molecule has 1 aromatic heterocycles. The van der Waals surface area contributed by atoms with E-state index in [1.165, 1.54) is 14.0 Å². The Morgan fingerprint density at radius 1 is 0.944 bits per heavy atom. The normalized spacial score (nSPS) is 11.1. The number of carbonyl (C=O) groups excluding carboxylic acids is 2. The molecule has 0 saturated carbocycles. The topological polar surface area (TPSA) is 89.6 Å². The molecule has 0 spiro atoms. The minimum atomic E-state index is -0.373. The Labute approximate surface area is 209 Å². The standard InChI is InChI=1S/C29H27N3O4/c1-20(33)32-25-11-13-27(14-12-25)36-19-22(15-21-7-9-23(10-8-21)29(34)35-2)17-30-26-16-24-5-3-4-6-28(24)31-18-26/h3-16,18,30H,17,19H2,1-2H3,(H,32,33)/b22-15-. The van der Waals surface area contributed by atoms with Crippen molar-refractivity contribution in [3.05, 3.63) is 102 Å². The Kier molecular flexibility index (Phi) is 7.93.